The minimum atomic E-state index is -4.44. The Morgan fingerprint density at radius 2 is 1.62 bits per heavy atom. The van der Waals surface area contributed by atoms with Crippen LogP contribution in [0.5, 0.6) is 0 Å². The number of halogens is 4. The first-order valence-corrected chi connectivity index (χ1v) is 10.2. The third-order valence-corrected chi connectivity index (χ3v) is 7.02. The highest BCUT2D eigenvalue weighted by atomic mass is 79.9. The molecule has 0 aromatic heterocycles. The van der Waals surface area contributed by atoms with Crippen LogP contribution in [0.3, 0.4) is 0 Å². The number of aryl methyl sites for hydroxylation is 1. The van der Waals surface area contributed by atoms with Crippen LogP contribution >= 0.6 is 15.9 Å². The zero-order valence-electron chi connectivity index (χ0n) is 13.9. The first-order valence-electron chi connectivity index (χ1n) is 8.00. The Hall–Kier alpha value is -1.38. The topological polar surface area (TPSA) is 37.4 Å². The van der Waals surface area contributed by atoms with Gasteiger partial charge in [-0.3, -0.25) is 0 Å². The lowest BCUT2D eigenvalue weighted by Crippen LogP contribution is -2.33. The molecule has 2 aromatic carbocycles. The molecule has 0 spiro atoms. The van der Waals surface area contributed by atoms with Crippen LogP contribution < -0.4 is 0 Å². The van der Waals surface area contributed by atoms with Crippen LogP contribution in [0.4, 0.5) is 13.2 Å². The van der Waals surface area contributed by atoms with Crippen LogP contribution in [0.1, 0.15) is 23.6 Å². The fourth-order valence-electron chi connectivity index (χ4n) is 3.14. The summed E-state index contributed by atoms with van der Waals surface area (Å²) in [6.45, 7) is 1.25. The molecule has 1 fully saturated rings. The quantitative estimate of drug-likeness (QED) is 0.658. The summed E-state index contributed by atoms with van der Waals surface area (Å²) in [6, 6.07) is 12.0. The number of nitrogens with zero attached hydrogens (tertiary/aromatic N) is 1. The smallest absolute Gasteiger partial charge is 0.207 e. The van der Waals surface area contributed by atoms with Gasteiger partial charge in [-0.15, -0.1) is 0 Å². The molecule has 0 radical (unpaired) electrons. The first-order chi connectivity index (χ1) is 12.1. The van der Waals surface area contributed by atoms with E-state index in [1.165, 1.54) is 12.1 Å². The zero-order valence-corrected chi connectivity index (χ0v) is 16.3. The van der Waals surface area contributed by atoms with Gasteiger partial charge in [0.05, 0.1) is 16.9 Å². The number of alkyl halides is 3. The second-order valence-corrected chi connectivity index (χ2v) is 9.24. The van der Waals surface area contributed by atoms with E-state index in [9.17, 15) is 21.6 Å². The van der Waals surface area contributed by atoms with E-state index in [1.807, 2.05) is 6.92 Å². The van der Waals surface area contributed by atoms with Gasteiger partial charge in [0.1, 0.15) is 0 Å². The van der Waals surface area contributed by atoms with E-state index in [1.54, 1.807) is 36.4 Å². The molecule has 3 rings (SSSR count). The molecule has 140 valence electrons. The number of hydrogen-bond donors (Lipinski definition) is 0. The summed E-state index contributed by atoms with van der Waals surface area (Å²) >= 11 is 3.28. The Morgan fingerprint density at radius 1 is 1.04 bits per heavy atom. The summed E-state index contributed by atoms with van der Waals surface area (Å²) in [5.74, 6) is -1.68. The van der Waals surface area contributed by atoms with Crippen molar-refractivity contribution in [2.24, 2.45) is 5.92 Å². The van der Waals surface area contributed by atoms with Gasteiger partial charge in [0.2, 0.25) is 10.0 Å². The highest BCUT2D eigenvalue weighted by molar-refractivity contribution is 9.10. The van der Waals surface area contributed by atoms with Gasteiger partial charge < -0.3 is 0 Å². The standard InChI is InChI=1S/C18H17BrF3NO2S/c1-12-2-8-16(9-3-12)26(24,25)23-11-14(18(20,21)22)10-17(23)13-4-6-15(19)7-5-13/h2-9,14,17H,10-11H2,1H3/t14-,17+/m1/s1. The van der Waals surface area contributed by atoms with E-state index >= 15 is 0 Å². The van der Waals surface area contributed by atoms with Crippen LogP contribution in [-0.4, -0.2) is 25.4 Å². The molecule has 3 nitrogen and oxygen atoms in total. The normalized spacial score (nSPS) is 21.9. The largest absolute Gasteiger partial charge is 0.393 e. The maximum Gasteiger partial charge on any atom is 0.393 e. The molecule has 26 heavy (non-hydrogen) atoms. The van der Waals surface area contributed by atoms with Crippen LogP contribution in [0, 0.1) is 12.8 Å². The van der Waals surface area contributed by atoms with Gasteiger partial charge in [0.25, 0.3) is 0 Å². The average molecular weight is 448 g/mol. The molecule has 0 bridgehead atoms. The molecule has 1 heterocycles. The van der Waals surface area contributed by atoms with Gasteiger partial charge in [0, 0.05) is 11.0 Å². The van der Waals surface area contributed by atoms with Crippen molar-refractivity contribution in [2.75, 3.05) is 6.54 Å². The van der Waals surface area contributed by atoms with Crippen LogP contribution in [0.2, 0.25) is 0 Å². The van der Waals surface area contributed by atoms with E-state index in [-0.39, 0.29) is 11.3 Å². The molecule has 2 atom stereocenters. The number of rotatable bonds is 3. The third kappa shape index (κ3) is 3.82. The Kier molecular flexibility index (Phi) is 5.20. The lowest BCUT2D eigenvalue weighted by atomic mass is 10.00. The van der Waals surface area contributed by atoms with Gasteiger partial charge in [-0.25, -0.2) is 8.42 Å². The van der Waals surface area contributed by atoms with Crippen molar-refractivity contribution in [3.8, 4) is 0 Å². The molecule has 1 aliphatic rings. The molecular formula is C18H17BrF3NO2S. The summed E-state index contributed by atoms with van der Waals surface area (Å²) in [4.78, 5) is 0.00744. The summed E-state index contributed by atoms with van der Waals surface area (Å²) in [5.41, 5.74) is 1.43. The van der Waals surface area contributed by atoms with Crippen molar-refractivity contribution in [3.63, 3.8) is 0 Å². The second kappa shape index (κ2) is 6.98. The monoisotopic (exact) mass is 447 g/mol. The van der Waals surface area contributed by atoms with Crippen LogP contribution in [0.25, 0.3) is 0 Å². The molecule has 0 saturated carbocycles. The van der Waals surface area contributed by atoms with E-state index in [2.05, 4.69) is 15.9 Å². The van der Waals surface area contributed by atoms with E-state index in [0.29, 0.717) is 5.56 Å². The van der Waals surface area contributed by atoms with Gasteiger partial charge in [-0.05, 0) is 43.2 Å². The molecule has 8 heteroatoms. The number of sulfonamides is 1. The van der Waals surface area contributed by atoms with Crippen molar-refractivity contribution in [1.29, 1.82) is 0 Å². The fraction of sp³-hybridized carbons (Fsp3) is 0.333. The van der Waals surface area contributed by atoms with Gasteiger partial charge >= 0.3 is 6.18 Å². The van der Waals surface area contributed by atoms with Crippen molar-refractivity contribution >= 4 is 26.0 Å². The zero-order chi connectivity index (χ0) is 19.1. The highest BCUT2D eigenvalue weighted by Gasteiger charge is 2.51. The summed E-state index contributed by atoms with van der Waals surface area (Å²) in [6.07, 6.45) is -4.72. The highest BCUT2D eigenvalue weighted by Crippen LogP contribution is 2.45. The molecular weight excluding hydrogens is 431 g/mol. The Bertz CT molecular complexity index is 880. The molecule has 0 unspecified atom stereocenters. The second-order valence-electron chi connectivity index (χ2n) is 6.43. The maximum atomic E-state index is 13.3. The van der Waals surface area contributed by atoms with Crippen LogP contribution in [-0.2, 0) is 10.0 Å². The Morgan fingerprint density at radius 3 is 2.15 bits per heavy atom. The van der Waals surface area contributed by atoms with Gasteiger partial charge in [-0.1, -0.05) is 45.8 Å². The summed E-state index contributed by atoms with van der Waals surface area (Å²) < 4.78 is 67.7. The van der Waals surface area contributed by atoms with Crippen LogP contribution in [0.15, 0.2) is 57.9 Å². The molecule has 1 aliphatic heterocycles. The van der Waals surface area contributed by atoms with E-state index in [0.717, 1.165) is 14.3 Å². The predicted molar refractivity (Wildman–Crippen MR) is 96.1 cm³/mol. The van der Waals surface area contributed by atoms with Gasteiger partial charge in [0.15, 0.2) is 0 Å². The number of benzene rings is 2. The third-order valence-electron chi connectivity index (χ3n) is 4.60. The predicted octanol–water partition coefficient (Wildman–Crippen LogP) is 5.07. The van der Waals surface area contributed by atoms with Crippen molar-refractivity contribution < 1.29 is 21.6 Å². The summed E-state index contributed by atoms with van der Waals surface area (Å²) in [7, 11) is -4.03. The minimum Gasteiger partial charge on any atom is -0.207 e. The van der Waals surface area contributed by atoms with Crippen molar-refractivity contribution in [2.45, 2.75) is 30.5 Å². The van der Waals surface area contributed by atoms with E-state index < -0.39 is 34.7 Å². The SMILES string of the molecule is Cc1ccc(S(=O)(=O)N2C[C@H](C(F)(F)F)C[C@H]2c2ccc(Br)cc2)cc1. The average Bonchev–Trinajstić information content (AvgIpc) is 3.02. The molecule has 0 amide bonds. The van der Waals surface area contributed by atoms with E-state index in [4.69, 9.17) is 0 Å². The first kappa shape index (κ1) is 19.4. The molecule has 1 saturated heterocycles. The van der Waals surface area contributed by atoms with Gasteiger partial charge in [-0.2, -0.15) is 17.5 Å². The Labute approximate surface area is 159 Å². The molecule has 2 aromatic rings. The maximum absolute atomic E-state index is 13.3. The number of hydrogen-bond acceptors (Lipinski definition) is 2. The Balaban J connectivity index is 2.03. The van der Waals surface area contributed by atoms with Crippen molar-refractivity contribution in [3.05, 3.63) is 64.1 Å². The fourth-order valence-corrected chi connectivity index (χ4v) is 5.08. The minimum absolute atomic E-state index is 0.00744. The van der Waals surface area contributed by atoms with Crippen molar-refractivity contribution in [1.82, 2.24) is 4.31 Å². The summed E-state index contributed by atoms with van der Waals surface area (Å²) in [5, 5.41) is 0. The lowest BCUT2D eigenvalue weighted by Gasteiger charge is -2.24. The molecule has 0 N–H and O–H groups in total. The lowest BCUT2D eigenvalue weighted by molar-refractivity contribution is -0.169. The molecule has 0 aliphatic carbocycles.